The summed E-state index contributed by atoms with van der Waals surface area (Å²) in [6.45, 7) is 5.29. The number of carbonyl (C=O) groups excluding carboxylic acids is 1. The van der Waals surface area contributed by atoms with E-state index in [0.29, 0.717) is 18.6 Å². The van der Waals surface area contributed by atoms with Crippen molar-refractivity contribution < 1.29 is 13.2 Å². The first-order valence-corrected chi connectivity index (χ1v) is 10.5. The second kappa shape index (κ2) is 7.13. The number of sulfone groups is 1. The van der Waals surface area contributed by atoms with Gasteiger partial charge >= 0.3 is 0 Å². The van der Waals surface area contributed by atoms with Gasteiger partial charge in [-0.2, -0.15) is 0 Å². The predicted octanol–water partition coefficient (Wildman–Crippen LogP) is 1.86. The molecule has 2 heterocycles. The third kappa shape index (κ3) is 4.29. The fourth-order valence-electron chi connectivity index (χ4n) is 3.62. The zero-order valence-electron chi connectivity index (χ0n) is 14.3. The van der Waals surface area contributed by atoms with Crippen molar-refractivity contribution in [1.82, 2.24) is 4.90 Å². The second-order valence-electron chi connectivity index (χ2n) is 7.01. The summed E-state index contributed by atoms with van der Waals surface area (Å²) in [6, 6.07) is 8.45. The van der Waals surface area contributed by atoms with E-state index in [4.69, 9.17) is 0 Å². The van der Waals surface area contributed by atoms with Crippen molar-refractivity contribution in [3.05, 3.63) is 29.8 Å². The molecule has 6 heteroatoms. The number of hydrogen-bond donors (Lipinski definition) is 0. The molecule has 1 aromatic rings. The van der Waals surface area contributed by atoms with Crippen molar-refractivity contribution in [2.24, 2.45) is 5.92 Å². The van der Waals surface area contributed by atoms with Gasteiger partial charge in [0.15, 0.2) is 9.84 Å². The summed E-state index contributed by atoms with van der Waals surface area (Å²) in [5.74, 6) is 0.901. The number of aryl methyl sites for hydroxylation is 1. The third-order valence-corrected chi connectivity index (χ3v) is 6.93. The van der Waals surface area contributed by atoms with E-state index in [2.05, 4.69) is 36.1 Å². The molecule has 0 N–H and O–H groups in total. The summed E-state index contributed by atoms with van der Waals surface area (Å²) in [5.41, 5.74) is 2.47. The minimum absolute atomic E-state index is 0.170. The van der Waals surface area contributed by atoms with Gasteiger partial charge in [-0.25, -0.2) is 8.42 Å². The average molecular weight is 350 g/mol. The molecule has 2 saturated heterocycles. The van der Waals surface area contributed by atoms with Crippen molar-refractivity contribution in [3.8, 4) is 0 Å². The Labute approximate surface area is 144 Å². The number of benzene rings is 1. The molecule has 0 spiro atoms. The Bertz CT molecular complexity index is 694. The molecule has 2 fully saturated rings. The Hall–Kier alpha value is -1.56. The maximum atomic E-state index is 12.4. The summed E-state index contributed by atoms with van der Waals surface area (Å²) < 4.78 is 23.0. The van der Waals surface area contributed by atoms with Crippen LogP contribution >= 0.6 is 0 Å². The van der Waals surface area contributed by atoms with Crippen molar-refractivity contribution in [2.75, 3.05) is 42.6 Å². The van der Waals surface area contributed by atoms with Crippen molar-refractivity contribution in [1.29, 1.82) is 0 Å². The molecule has 24 heavy (non-hydrogen) atoms. The highest BCUT2D eigenvalue weighted by atomic mass is 32.2. The highest BCUT2D eigenvalue weighted by Gasteiger charge is 2.29. The van der Waals surface area contributed by atoms with Crippen LogP contribution in [-0.2, 0) is 14.6 Å². The van der Waals surface area contributed by atoms with Crippen LogP contribution in [0.15, 0.2) is 24.3 Å². The van der Waals surface area contributed by atoms with Crippen LogP contribution in [0.3, 0.4) is 0 Å². The first-order valence-electron chi connectivity index (χ1n) is 8.73. The van der Waals surface area contributed by atoms with Gasteiger partial charge in [-0.1, -0.05) is 12.1 Å². The Morgan fingerprint density at radius 1 is 1.21 bits per heavy atom. The summed E-state index contributed by atoms with van der Waals surface area (Å²) in [6.07, 6.45) is 1.90. The standard InChI is InChI=1S/C18H26N2O3S/c1-15-3-2-4-17(13-15)19-8-10-20(11-9-19)18(21)6-5-16-7-12-24(22,23)14-16/h2-4,13,16H,5-12,14H2,1H3. The number of piperazine rings is 1. The summed E-state index contributed by atoms with van der Waals surface area (Å²) in [4.78, 5) is 16.6. The fraction of sp³-hybridized carbons (Fsp3) is 0.611. The molecule has 3 rings (SSSR count). The highest BCUT2D eigenvalue weighted by Crippen LogP contribution is 2.24. The Morgan fingerprint density at radius 3 is 2.58 bits per heavy atom. The van der Waals surface area contributed by atoms with Crippen molar-refractivity contribution in [2.45, 2.75) is 26.2 Å². The lowest BCUT2D eigenvalue weighted by atomic mass is 10.0. The largest absolute Gasteiger partial charge is 0.368 e. The number of carbonyl (C=O) groups is 1. The van der Waals surface area contributed by atoms with Gasteiger partial charge in [-0.05, 0) is 43.4 Å². The molecule has 5 nitrogen and oxygen atoms in total. The molecule has 2 aliphatic rings. The van der Waals surface area contributed by atoms with Crippen LogP contribution < -0.4 is 4.90 Å². The molecule has 0 bridgehead atoms. The van der Waals surface area contributed by atoms with Gasteiger partial charge in [0.25, 0.3) is 0 Å². The van der Waals surface area contributed by atoms with Crippen LogP contribution in [0.25, 0.3) is 0 Å². The summed E-state index contributed by atoms with van der Waals surface area (Å²) >= 11 is 0. The lowest BCUT2D eigenvalue weighted by Gasteiger charge is -2.36. The fourth-order valence-corrected chi connectivity index (χ4v) is 5.53. The maximum absolute atomic E-state index is 12.4. The minimum atomic E-state index is -2.84. The van der Waals surface area contributed by atoms with Crippen LogP contribution in [0.4, 0.5) is 5.69 Å². The summed E-state index contributed by atoms with van der Waals surface area (Å²) in [7, 11) is -2.84. The molecule has 0 aromatic heterocycles. The Balaban J connectivity index is 1.45. The molecule has 0 radical (unpaired) electrons. The third-order valence-electron chi connectivity index (χ3n) is 5.09. The molecule has 132 valence electrons. The van der Waals surface area contributed by atoms with Crippen molar-refractivity contribution in [3.63, 3.8) is 0 Å². The Kier molecular flexibility index (Phi) is 5.13. The van der Waals surface area contributed by atoms with Gasteiger partial charge in [-0.3, -0.25) is 4.79 Å². The molecule has 2 aliphatic heterocycles. The average Bonchev–Trinajstić information content (AvgIpc) is 2.92. The van der Waals surface area contributed by atoms with Crippen LogP contribution in [0, 0.1) is 12.8 Å². The number of anilines is 1. The zero-order valence-corrected chi connectivity index (χ0v) is 15.1. The van der Waals surface area contributed by atoms with E-state index in [-0.39, 0.29) is 17.6 Å². The summed E-state index contributed by atoms with van der Waals surface area (Å²) in [5, 5.41) is 0. The lowest BCUT2D eigenvalue weighted by Crippen LogP contribution is -2.48. The smallest absolute Gasteiger partial charge is 0.222 e. The normalized spacial score (nSPS) is 23.5. The van der Waals surface area contributed by atoms with Gasteiger partial charge in [0.05, 0.1) is 11.5 Å². The van der Waals surface area contributed by atoms with Gasteiger partial charge in [0, 0.05) is 38.3 Å². The Morgan fingerprint density at radius 2 is 1.96 bits per heavy atom. The van der Waals surface area contributed by atoms with Crippen LogP contribution in [0.5, 0.6) is 0 Å². The van der Waals surface area contributed by atoms with E-state index >= 15 is 0 Å². The molecule has 1 atom stereocenters. The number of amides is 1. The van der Waals surface area contributed by atoms with Gasteiger partial charge < -0.3 is 9.80 Å². The molecular weight excluding hydrogens is 324 g/mol. The molecule has 0 aliphatic carbocycles. The topological polar surface area (TPSA) is 57.7 Å². The van der Waals surface area contributed by atoms with E-state index in [1.165, 1.54) is 11.3 Å². The van der Waals surface area contributed by atoms with E-state index in [0.717, 1.165) is 32.6 Å². The predicted molar refractivity (Wildman–Crippen MR) is 96.0 cm³/mol. The van der Waals surface area contributed by atoms with Crippen LogP contribution in [0.2, 0.25) is 0 Å². The zero-order chi connectivity index (χ0) is 17.2. The van der Waals surface area contributed by atoms with E-state index < -0.39 is 9.84 Å². The monoisotopic (exact) mass is 350 g/mol. The SMILES string of the molecule is Cc1cccc(N2CCN(C(=O)CCC3CCS(=O)(=O)C3)CC2)c1. The van der Waals surface area contributed by atoms with E-state index in [9.17, 15) is 13.2 Å². The van der Waals surface area contributed by atoms with Gasteiger partial charge in [0.2, 0.25) is 5.91 Å². The second-order valence-corrected chi connectivity index (χ2v) is 9.24. The van der Waals surface area contributed by atoms with Gasteiger partial charge in [0.1, 0.15) is 0 Å². The molecule has 1 aromatic carbocycles. The van der Waals surface area contributed by atoms with E-state index in [1.54, 1.807) is 0 Å². The number of rotatable bonds is 4. The number of hydrogen-bond acceptors (Lipinski definition) is 4. The quantitative estimate of drug-likeness (QED) is 0.832. The van der Waals surface area contributed by atoms with Crippen LogP contribution in [0.1, 0.15) is 24.8 Å². The molecular formula is C18H26N2O3S. The first-order chi connectivity index (χ1) is 11.4. The molecule has 0 saturated carbocycles. The van der Waals surface area contributed by atoms with E-state index in [1.807, 2.05) is 4.90 Å². The number of nitrogens with zero attached hydrogens (tertiary/aromatic N) is 2. The van der Waals surface area contributed by atoms with Crippen molar-refractivity contribution >= 4 is 21.4 Å². The maximum Gasteiger partial charge on any atom is 0.222 e. The minimum Gasteiger partial charge on any atom is -0.368 e. The van der Waals surface area contributed by atoms with Gasteiger partial charge in [-0.15, -0.1) is 0 Å². The molecule has 1 unspecified atom stereocenters. The lowest BCUT2D eigenvalue weighted by molar-refractivity contribution is -0.131. The highest BCUT2D eigenvalue weighted by molar-refractivity contribution is 7.91. The van der Waals surface area contributed by atoms with Crippen LogP contribution in [-0.4, -0.2) is 56.9 Å². The molecule has 1 amide bonds. The first kappa shape index (κ1) is 17.3.